The summed E-state index contributed by atoms with van der Waals surface area (Å²) in [7, 11) is -4.30. The molecule has 4 rings (SSSR count). The van der Waals surface area contributed by atoms with Crippen molar-refractivity contribution in [3.8, 4) is 0 Å². The van der Waals surface area contributed by atoms with E-state index in [1.165, 1.54) is 13.0 Å². The first-order chi connectivity index (χ1) is 29.8. The molecule has 8 N–H and O–H groups in total. The lowest BCUT2D eigenvalue weighted by Gasteiger charge is -2.39. The summed E-state index contributed by atoms with van der Waals surface area (Å²) < 4.78 is 47.7. The second-order valence-electron chi connectivity index (χ2n) is 17.5. The number of carbonyl (C=O) groups excluding carboxylic acids is 6. The molecule has 0 aliphatic carbocycles. The maximum atomic E-state index is 13.6. The molecule has 3 aliphatic heterocycles. The number of carboxylic acids is 1. The molecule has 0 bridgehead atoms. The van der Waals surface area contributed by atoms with E-state index >= 15 is 0 Å². The Labute approximate surface area is 370 Å². The standard InChI is InChI=1S/C41H59N5O17S/c1-21(2)32(44-29(47)18-45-17-26(46-30(48)11-12-31(46)49)16-27(45)20-61-13-14-64(58,59)60)38(54)42-22(3)37(53)43-25-9-7-24(19-62-40(57)41(4,5)6)23(15-25)8-10-28-33(50)34(51)35(52)36(63-28)39(55)56/h7,9,11-12,15,21-22,26-28,32-36,50-52H,8,10,13-14,16-20H2,1-6H3,(H,42,54)(H,43,53)(H,44,47)(H,55,56)(H,58,59,60)/t22-,26+,27-,28-,32-,33-,34+,35-,36-/m0/s1. The zero-order valence-electron chi connectivity index (χ0n) is 36.5. The van der Waals surface area contributed by atoms with Crippen LogP contribution >= 0.6 is 0 Å². The number of amides is 5. The number of rotatable bonds is 20. The Kier molecular flexibility index (Phi) is 17.7. The van der Waals surface area contributed by atoms with Crippen LogP contribution in [0.2, 0.25) is 0 Å². The Morgan fingerprint density at radius 2 is 1.59 bits per heavy atom. The number of aliphatic hydroxyl groups excluding tert-OH is 3. The number of carboxylic acid groups (broad SMARTS) is 1. The van der Waals surface area contributed by atoms with Gasteiger partial charge in [0.2, 0.25) is 17.7 Å². The first-order valence-corrected chi connectivity index (χ1v) is 22.3. The smallest absolute Gasteiger partial charge is 0.335 e. The number of anilines is 1. The number of imide groups is 1. The van der Waals surface area contributed by atoms with Crippen LogP contribution in [0.3, 0.4) is 0 Å². The Hall–Kier alpha value is -4.88. The molecule has 23 heteroatoms. The van der Waals surface area contributed by atoms with E-state index in [0.29, 0.717) is 11.1 Å². The maximum absolute atomic E-state index is 13.6. The third-order valence-corrected chi connectivity index (χ3v) is 11.7. The topological polar surface area (TPSA) is 325 Å². The lowest BCUT2D eigenvalue weighted by atomic mass is 9.91. The number of esters is 1. The Morgan fingerprint density at radius 1 is 0.938 bits per heavy atom. The molecule has 1 aromatic carbocycles. The van der Waals surface area contributed by atoms with Crippen molar-refractivity contribution in [3.05, 3.63) is 41.5 Å². The lowest BCUT2D eigenvalue weighted by Crippen LogP contribution is -2.59. The minimum Gasteiger partial charge on any atom is -0.479 e. The Balaban J connectivity index is 1.42. The number of hydrogen-bond acceptors (Lipinski definition) is 16. The van der Waals surface area contributed by atoms with E-state index < -0.39 is 123 Å². The number of ether oxygens (including phenoxy) is 3. The maximum Gasteiger partial charge on any atom is 0.335 e. The van der Waals surface area contributed by atoms with E-state index in [-0.39, 0.29) is 57.9 Å². The molecule has 0 unspecified atom stereocenters. The predicted octanol–water partition coefficient (Wildman–Crippen LogP) is -1.50. The predicted molar refractivity (Wildman–Crippen MR) is 223 cm³/mol. The molecule has 3 aliphatic rings. The third-order valence-electron chi connectivity index (χ3n) is 11.0. The van der Waals surface area contributed by atoms with E-state index in [9.17, 15) is 62.4 Å². The molecule has 3 heterocycles. The van der Waals surface area contributed by atoms with Gasteiger partial charge in [-0.15, -0.1) is 0 Å². The van der Waals surface area contributed by atoms with Gasteiger partial charge in [-0.25, -0.2) is 4.79 Å². The van der Waals surface area contributed by atoms with E-state index in [2.05, 4.69) is 16.0 Å². The van der Waals surface area contributed by atoms with Crippen LogP contribution in [0.15, 0.2) is 30.4 Å². The normalized spacial score (nSPS) is 25.0. The highest BCUT2D eigenvalue weighted by atomic mass is 32.2. The summed E-state index contributed by atoms with van der Waals surface area (Å²) in [6.45, 7) is 8.94. The highest BCUT2D eigenvalue weighted by Gasteiger charge is 2.47. The Morgan fingerprint density at radius 3 is 2.19 bits per heavy atom. The summed E-state index contributed by atoms with van der Waals surface area (Å²) in [5.41, 5.74) is 0.425. The van der Waals surface area contributed by atoms with Gasteiger partial charge in [-0.3, -0.25) is 43.1 Å². The number of nitrogens with zero attached hydrogens (tertiary/aromatic N) is 2. The molecule has 5 amide bonds. The van der Waals surface area contributed by atoms with Crippen LogP contribution in [0.25, 0.3) is 0 Å². The van der Waals surface area contributed by atoms with E-state index in [1.807, 2.05) is 0 Å². The highest BCUT2D eigenvalue weighted by Crippen LogP contribution is 2.28. The van der Waals surface area contributed by atoms with Gasteiger partial charge < -0.3 is 50.6 Å². The molecule has 9 atom stereocenters. The van der Waals surface area contributed by atoms with Gasteiger partial charge in [0, 0.05) is 30.4 Å². The molecule has 0 radical (unpaired) electrons. The molecular weight excluding hydrogens is 867 g/mol. The molecule has 0 saturated carbocycles. The fourth-order valence-electron chi connectivity index (χ4n) is 7.35. The van der Waals surface area contributed by atoms with Gasteiger partial charge in [0.05, 0.1) is 43.1 Å². The van der Waals surface area contributed by atoms with Gasteiger partial charge in [0.1, 0.15) is 37.0 Å². The Bertz CT molecular complexity index is 2040. The van der Waals surface area contributed by atoms with Gasteiger partial charge >= 0.3 is 11.9 Å². The summed E-state index contributed by atoms with van der Waals surface area (Å²) in [6.07, 6.45) is -5.85. The third kappa shape index (κ3) is 14.1. The summed E-state index contributed by atoms with van der Waals surface area (Å²) >= 11 is 0. The molecule has 0 spiro atoms. The van der Waals surface area contributed by atoms with E-state index in [4.69, 9.17) is 18.8 Å². The van der Waals surface area contributed by atoms with Gasteiger partial charge in [-0.2, -0.15) is 8.42 Å². The van der Waals surface area contributed by atoms with Gasteiger partial charge in [-0.1, -0.05) is 19.9 Å². The van der Waals surface area contributed by atoms with Crippen LogP contribution in [-0.4, -0.2) is 171 Å². The number of nitrogens with one attached hydrogen (secondary N) is 3. The van der Waals surface area contributed by atoms with Crippen LogP contribution in [0.1, 0.15) is 65.5 Å². The van der Waals surface area contributed by atoms with Gasteiger partial charge in [0.25, 0.3) is 21.9 Å². The lowest BCUT2D eigenvalue weighted by molar-refractivity contribution is -0.228. The molecule has 1 aromatic rings. The fourth-order valence-corrected chi connectivity index (χ4v) is 7.68. The summed E-state index contributed by atoms with van der Waals surface area (Å²) in [6, 6.07) is 1.20. The second-order valence-corrected chi connectivity index (χ2v) is 19.0. The number of hydrogen-bond donors (Lipinski definition) is 8. The fraction of sp³-hybridized carbons (Fsp3) is 0.634. The zero-order chi connectivity index (χ0) is 47.8. The second kappa shape index (κ2) is 21.9. The van der Waals surface area contributed by atoms with E-state index in [0.717, 1.165) is 17.1 Å². The van der Waals surface area contributed by atoms with Crippen molar-refractivity contribution >= 4 is 57.3 Å². The molecule has 356 valence electrons. The molecular formula is C41H59N5O17S. The minimum atomic E-state index is -4.30. The number of likely N-dealkylation sites (tertiary alicyclic amines) is 1. The summed E-state index contributed by atoms with van der Waals surface area (Å²) in [5, 5.41) is 48.4. The van der Waals surface area contributed by atoms with Crippen LogP contribution in [0.5, 0.6) is 0 Å². The largest absolute Gasteiger partial charge is 0.479 e. The van der Waals surface area contributed by atoms with Crippen LogP contribution in [0.4, 0.5) is 5.69 Å². The van der Waals surface area contributed by atoms with Crippen molar-refractivity contribution in [2.45, 2.75) is 122 Å². The first kappa shape index (κ1) is 51.8. The molecule has 2 fully saturated rings. The number of aliphatic carboxylic acids is 1. The zero-order valence-corrected chi connectivity index (χ0v) is 37.3. The van der Waals surface area contributed by atoms with Crippen LogP contribution in [0, 0.1) is 11.3 Å². The average molecular weight is 926 g/mol. The molecule has 22 nitrogen and oxygen atoms in total. The van der Waals surface area contributed by atoms with Crippen LogP contribution in [-0.2, 0) is 70.9 Å². The summed E-state index contributed by atoms with van der Waals surface area (Å²) in [4.78, 5) is 92.2. The summed E-state index contributed by atoms with van der Waals surface area (Å²) in [5.74, 6) is -6.17. The van der Waals surface area contributed by atoms with Crippen molar-refractivity contribution in [3.63, 3.8) is 0 Å². The number of benzene rings is 1. The van der Waals surface area contributed by atoms with Crippen molar-refractivity contribution < 1.29 is 81.2 Å². The monoisotopic (exact) mass is 925 g/mol. The van der Waals surface area contributed by atoms with Gasteiger partial charge in [0.15, 0.2) is 6.10 Å². The van der Waals surface area contributed by atoms with Crippen molar-refractivity contribution in [2.24, 2.45) is 11.3 Å². The van der Waals surface area contributed by atoms with Crippen molar-refractivity contribution in [1.29, 1.82) is 0 Å². The average Bonchev–Trinajstić information content (AvgIpc) is 3.75. The molecule has 2 saturated heterocycles. The number of aliphatic hydroxyl groups is 3. The first-order valence-electron chi connectivity index (χ1n) is 20.7. The number of aryl methyl sites for hydroxylation is 1. The van der Waals surface area contributed by atoms with Crippen molar-refractivity contribution in [1.82, 2.24) is 20.4 Å². The van der Waals surface area contributed by atoms with Crippen LogP contribution < -0.4 is 16.0 Å². The molecule has 0 aromatic heterocycles. The quantitative estimate of drug-likeness (QED) is 0.0319. The minimum absolute atomic E-state index is 0.0553. The van der Waals surface area contributed by atoms with Crippen molar-refractivity contribution in [2.75, 3.05) is 37.4 Å². The van der Waals surface area contributed by atoms with E-state index in [1.54, 1.807) is 51.7 Å². The molecule has 64 heavy (non-hydrogen) atoms. The highest BCUT2D eigenvalue weighted by molar-refractivity contribution is 7.85. The van der Waals surface area contributed by atoms with Gasteiger partial charge in [-0.05, 0) is 76.1 Å². The number of carbonyl (C=O) groups is 7. The SMILES string of the molecule is CC(C)[C@H](NC(=O)CN1C[C@H](N2C(=O)C=CC2=O)C[C@H]1COCCS(=O)(=O)O)C(=O)N[C@@H](C)C(=O)Nc1ccc(COC(=O)C(C)(C)C)c(CC[C@@H]2O[C@H](C(=O)O)[C@@H](O)[C@H](O)[C@H]2O)c1.